The molecule has 0 aliphatic rings. The van der Waals surface area contributed by atoms with Crippen LogP contribution in [-0.2, 0) is 4.79 Å². The van der Waals surface area contributed by atoms with Gasteiger partial charge in [0.25, 0.3) is 5.91 Å². The van der Waals surface area contributed by atoms with E-state index in [4.69, 9.17) is 9.47 Å². The zero-order valence-corrected chi connectivity index (χ0v) is 14.9. The highest BCUT2D eigenvalue weighted by Crippen LogP contribution is 2.23. The summed E-state index contributed by atoms with van der Waals surface area (Å²) in [5.41, 5.74) is 0.651. The smallest absolute Gasteiger partial charge is 0.262 e. The Balaban J connectivity index is 1.34. The third-order valence-electron chi connectivity index (χ3n) is 3.99. The molecule has 0 radical (unpaired) electrons. The summed E-state index contributed by atoms with van der Waals surface area (Å²) < 4.78 is 11.3. The molecule has 1 N–H and O–H groups in total. The number of amides is 1. The van der Waals surface area contributed by atoms with Gasteiger partial charge in [-0.05, 0) is 42.5 Å². The fraction of sp³-hybridized carbons (Fsp3) is 0.0455. The number of para-hydroxylation sites is 1. The molecule has 138 valence electrons. The van der Waals surface area contributed by atoms with Crippen molar-refractivity contribution in [2.24, 2.45) is 0 Å². The summed E-state index contributed by atoms with van der Waals surface area (Å²) in [7, 11) is 0. The van der Waals surface area contributed by atoms with Gasteiger partial charge in [-0.15, -0.1) is 5.10 Å². The first-order valence-electron chi connectivity index (χ1n) is 8.74. The quantitative estimate of drug-likeness (QED) is 0.542. The van der Waals surface area contributed by atoms with E-state index in [2.05, 4.69) is 15.5 Å². The maximum absolute atomic E-state index is 12.2. The van der Waals surface area contributed by atoms with Gasteiger partial charge in [0.15, 0.2) is 6.61 Å². The van der Waals surface area contributed by atoms with E-state index in [9.17, 15) is 4.79 Å². The van der Waals surface area contributed by atoms with Crippen molar-refractivity contribution in [1.29, 1.82) is 0 Å². The monoisotopic (exact) mass is 371 g/mol. The van der Waals surface area contributed by atoms with Crippen LogP contribution < -0.4 is 14.8 Å². The lowest BCUT2D eigenvalue weighted by Crippen LogP contribution is -2.20. The van der Waals surface area contributed by atoms with E-state index in [-0.39, 0.29) is 12.5 Å². The molecule has 1 heterocycles. The van der Waals surface area contributed by atoms with Gasteiger partial charge < -0.3 is 14.8 Å². The minimum absolute atomic E-state index is 0.162. The molecular formula is C22H17N3O3. The highest BCUT2D eigenvalue weighted by Gasteiger charge is 2.08. The average Bonchev–Trinajstić information content (AvgIpc) is 2.74. The number of rotatable bonds is 6. The summed E-state index contributed by atoms with van der Waals surface area (Å²) in [4.78, 5) is 12.2. The highest BCUT2D eigenvalue weighted by molar-refractivity contribution is 5.92. The molecule has 0 atom stereocenters. The molecule has 0 unspecified atom stereocenters. The maximum atomic E-state index is 12.2. The Morgan fingerprint density at radius 2 is 1.57 bits per heavy atom. The summed E-state index contributed by atoms with van der Waals surface area (Å²) in [5, 5.41) is 12.4. The van der Waals surface area contributed by atoms with Crippen molar-refractivity contribution in [3.63, 3.8) is 0 Å². The van der Waals surface area contributed by atoms with E-state index in [1.165, 1.54) is 0 Å². The van der Waals surface area contributed by atoms with Gasteiger partial charge in [-0.3, -0.25) is 4.79 Å². The lowest BCUT2D eigenvalue weighted by Gasteiger charge is -2.09. The molecule has 0 aliphatic heterocycles. The van der Waals surface area contributed by atoms with E-state index in [0.29, 0.717) is 17.3 Å². The second kappa shape index (κ2) is 8.18. The number of ether oxygens (including phenoxy) is 2. The van der Waals surface area contributed by atoms with Crippen LogP contribution in [0, 0.1) is 0 Å². The van der Waals surface area contributed by atoms with E-state index < -0.39 is 0 Å². The van der Waals surface area contributed by atoms with Crippen molar-refractivity contribution in [1.82, 2.24) is 10.2 Å². The van der Waals surface area contributed by atoms with Gasteiger partial charge in [0.2, 0.25) is 5.88 Å². The van der Waals surface area contributed by atoms with Crippen molar-refractivity contribution in [3.8, 4) is 17.4 Å². The van der Waals surface area contributed by atoms with Crippen LogP contribution >= 0.6 is 0 Å². The normalized spacial score (nSPS) is 10.4. The summed E-state index contributed by atoms with van der Waals surface area (Å²) in [5.74, 6) is 1.49. The molecule has 6 heteroatoms. The molecule has 0 aliphatic carbocycles. The number of nitrogens with one attached hydrogen (secondary N) is 1. The topological polar surface area (TPSA) is 73.3 Å². The Labute approximate surface area is 161 Å². The lowest BCUT2D eigenvalue weighted by atomic mass is 10.2. The Morgan fingerprint density at radius 3 is 2.39 bits per heavy atom. The van der Waals surface area contributed by atoms with Gasteiger partial charge >= 0.3 is 0 Å². The van der Waals surface area contributed by atoms with Crippen LogP contribution in [0.2, 0.25) is 0 Å². The minimum atomic E-state index is -0.286. The largest absolute Gasteiger partial charge is 0.466 e. The first-order valence-corrected chi connectivity index (χ1v) is 8.74. The third kappa shape index (κ3) is 4.24. The van der Waals surface area contributed by atoms with Gasteiger partial charge in [-0.25, -0.2) is 0 Å². The van der Waals surface area contributed by atoms with E-state index in [1.54, 1.807) is 30.5 Å². The predicted molar refractivity (Wildman–Crippen MR) is 107 cm³/mol. The molecule has 4 aromatic rings. The van der Waals surface area contributed by atoms with E-state index >= 15 is 0 Å². The van der Waals surface area contributed by atoms with Crippen molar-refractivity contribution in [2.45, 2.75) is 0 Å². The first kappa shape index (κ1) is 17.5. The number of carbonyl (C=O) groups is 1. The number of nitrogens with zero attached hydrogens (tertiary/aromatic N) is 2. The van der Waals surface area contributed by atoms with E-state index in [1.807, 2.05) is 54.6 Å². The molecule has 1 amide bonds. The molecule has 28 heavy (non-hydrogen) atoms. The second-order valence-electron chi connectivity index (χ2n) is 6.01. The third-order valence-corrected chi connectivity index (χ3v) is 3.99. The van der Waals surface area contributed by atoms with Crippen molar-refractivity contribution in [2.75, 3.05) is 11.9 Å². The fourth-order valence-corrected chi connectivity index (χ4v) is 2.67. The number of hydrogen-bond donors (Lipinski definition) is 1. The van der Waals surface area contributed by atoms with Gasteiger partial charge in [0.05, 0.1) is 6.20 Å². The molecule has 1 aromatic heterocycles. The molecule has 0 saturated carbocycles. The van der Waals surface area contributed by atoms with E-state index in [0.717, 1.165) is 16.5 Å². The minimum Gasteiger partial charge on any atom is -0.466 e. The summed E-state index contributed by atoms with van der Waals surface area (Å²) in [6, 6.07) is 24.2. The molecule has 3 aromatic carbocycles. The standard InChI is InChI=1S/C22H17N3O3/c26-21(15-27-22-20-9-5-4-6-16(20)14-23-25-22)24-17-10-12-19(13-11-17)28-18-7-2-1-3-8-18/h1-14H,15H2,(H,24,26). The second-order valence-corrected chi connectivity index (χ2v) is 6.01. The van der Waals surface area contributed by atoms with Gasteiger partial charge in [0.1, 0.15) is 11.5 Å². The molecule has 0 fully saturated rings. The summed E-state index contributed by atoms with van der Waals surface area (Å²) >= 11 is 0. The Kier molecular flexibility index (Phi) is 5.11. The number of benzene rings is 3. The lowest BCUT2D eigenvalue weighted by molar-refractivity contribution is -0.118. The number of anilines is 1. The van der Waals surface area contributed by atoms with Crippen LogP contribution in [0.25, 0.3) is 10.8 Å². The molecular weight excluding hydrogens is 354 g/mol. The predicted octanol–water partition coefficient (Wildman–Crippen LogP) is 4.44. The molecule has 0 bridgehead atoms. The van der Waals surface area contributed by atoms with Gasteiger partial charge in [-0.1, -0.05) is 36.4 Å². The summed E-state index contributed by atoms with van der Waals surface area (Å²) in [6.45, 7) is -0.162. The van der Waals surface area contributed by atoms with Crippen molar-refractivity contribution >= 4 is 22.4 Å². The van der Waals surface area contributed by atoms with Crippen molar-refractivity contribution < 1.29 is 14.3 Å². The van der Waals surface area contributed by atoms with Crippen LogP contribution in [0.3, 0.4) is 0 Å². The Morgan fingerprint density at radius 1 is 0.857 bits per heavy atom. The Bertz CT molecular complexity index is 1080. The van der Waals surface area contributed by atoms with Crippen LogP contribution in [0.4, 0.5) is 5.69 Å². The molecule has 4 rings (SSSR count). The summed E-state index contributed by atoms with van der Waals surface area (Å²) in [6.07, 6.45) is 1.65. The van der Waals surface area contributed by atoms with Crippen molar-refractivity contribution in [3.05, 3.63) is 85.1 Å². The maximum Gasteiger partial charge on any atom is 0.262 e. The zero-order valence-electron chi connectivity index (χ0n) is 14.9. The number of carbonyl (C=O) groups excluding carboxylic acids is 1. The molecule has 6 nitrogen and oxygen atoms in total. The fourth-order valence-electron chi connectivity index (χ4n) is 2.67. The first-order chi connectivity index (χ1) is 13.8. The zero-order chi connectivity index (χ0) is 19.2. The highest BCUT2D eigenvalue weighted by atomic mass is 16.5. The number of aromatic nitrogens is 2. The van der Waals surface area contributed by atoms with Crippen LogP contribution in [0.5, 0.6) is 17.4 Å². The van der Waals surface area contributed by atoms with Crippen LogP contribution in [0.15, 0.2) is 85.1 Å². The number of hydrogen-bond acceptors (Lipinski definition) is 5. The van der Waals surface area contributed by atoms with Crippen LogP contribution in [0.1, 0.15) is 0 Å². The molecule has 0 spiro atoms. The van der Waals surface area contributed by atoms with Gasteiger partial charge in [0, 0.05) is 16.5 Å². The average molecular weight is 371 g/mol. The number of fused-ring (bicyclic) bond motifs is 1. The SMILES string of the molecule is O=C(COc1nncc2ccccc12)Nc1ccc(Oc2ccccc2)cc1. The Hall–Kier alpha value is -3.93. The molecule has 0 saturated heterocycles. The van der Waals surface area contributed by atoms with Crippen LogP contribution in [-0.4, -0.2) is 22.7 Å². The van der Waals surface area contributed by atoms with Gasteiger partial charge in [-0.2, -0.15) is 5.10 Å².